The third kappa shape index (κ3) is 3.27. The zero-order chi connectivity index (χ0) is 14.5. The van der Waals surface area contributed by atoms with Crippen molar-refractivity contribution in [3.05, 3.63) is 21.7 Å². The maximum Gasteiger partial charge on any atom is 0.175 e. The molecule has 0 radical (unpaired) electrons. The Morgan fingerprint density at radius 1 is 1.30 bits per heavy atom. The Kier molecular flexibility index (Phi) is 5.69. The quantitative estimate of drug-likeness (QED) is 0.807. The van der Waals surface area contributed by atoms with Crippen molar-refractivity contribution in [3.63, 3.8) is 0 Å². The van der Waals surface area contributed by atoms with Crippen LogP contribution < -0.4 is 15.2 Å². The summed E-state index contributed by atoms with van der Waals surface area (Å²) in [5.41, 5.74) is 8.23. The Hall–Kier alpha value is -0.780. The molecule has 2 N–H and O–H groups in total. The smallest absolute Gasteiger partial charge is 0.175 e. The Labute approximate surface area is 129 Å². The number of hydrogen-bond donors (Lipinski definition) is 1. The molecular weight excluding hydrogens is 320 g/mol. The molecule has 0 spiro atoms. The number of fused-ring (bicyclic) bond motifs is 1. The lowest BCUT2D eigenvalue weighted by Crippen LogP contribution is -2.32. The molecule has 1 aromatic carbocycles. The van der Waals surface area contributed by atoms with Gasteiger partial charge < -0.3 is 15.2 Å². The number of nitrogens with zero attached hydrogens (tertiary/aromatic N) is 1. The number of benzene rings is 1. The van der Waals surface area contributed by atoms with E-state index < -0.39 is 0 Å². The highest BCUT2D eigenvalue weighted by molar-refractivity contribution is 9.10. The highest BCUT2D eigenvalue weighted by Crippen LogP contribution is 2.41. The summed E-state index contributed by atoms with van der Waals surface area (Å²) in [6.45, 7) is 3.95. The molecule has 0 saturated heterocycles. The molecule has 112 valence electrons. The summed E-state index contributed by atoms with van der Waals surface area (Å²) in [5, 5.41) is 0. The number of nitrogens with two attached hydrogens (primary N) is 1. The second-order valence-electron chi connectivity index (χ2n) is 5.09. The summed E-state index contributed by atoms with van der Waals surface area (Å²) in [5.74, 6) is 1.59. The minimum absolute atomic E-state index is 0.779. The van der Waals surface area contributed by atoms with Gasteiger partial charge in [0.2, 0.25) is 0 Å². The van der Waals surface area contributed by atoms with Crippen LogP contribution in [0.5, 0.6) is 11.5 Å². The van der Waals surface area contributed by atoms with E-state index in [1.807, 2.05) is 0 Å². The van der Waals surface area contributed by atoms with Gasteiger partial charge in [0.15, 0.2) is 11.5 Å². The second-order valence-corrected chi connectivity index (χ2v) is 5.88. The molecule has 20 heavy (non-hydrogen) atoms. The predicted molar refractivity (Wildman–Crippen MR) is 84.5 cm³/mol. The molecule has 1 heterocycles. The van der Waals surface area contributed by atoms with Gasteiger partial charge in [0.1, 0.15) is 0 Å². The van der Waals surface area contributed by atoms with Crippen molar-refractivity contribution in [1.82, 2.24) is 4.90 Å². The summed E-state index contributed by atoms with van der Waals surface area (Å²) in [6, 6.07) is 2.11. The van der Waals surface area contributed by atoms with Gasteiger partial charge in [-0.2, -0.15) is 0 Å². The van der Waals surface area contributed by atoms with Gasteiger partial charge in [0, 0.05) is 13.1 Å². The highest BCUT2D eigenvalue weighted by Gasteiger charge is 2.23. The van der Waals surface area contributed by atoms with E-state index in [-0.39, 0.29) is 0 Å². The van der Waals surface area contributed by atoms with Crippen LogP contribution in [0.25, 0.3) is 0 Å². The van der Waals surface area contributed by atoms with E-state index in [0.717, 1.165) is 55.0 Å². The predicted octanol–water partition coefficient (Wildman–Crippen LogP) is 2.56. The number of halogens is 1. The second kappa shape index (κ2) is 7.29. The lowest BCUT2D eigenvalue weighted by Gasteiger charge is -2.30. The molecular formula is C15H23BrN2O2. The molecule has 0 saturated carbocycles. The standard InChI is InChI=1S/C15H23BrN2O2/c1-19-13-9-11-10-18(7-4-3-6-17)8-5-12(11)14(16)15(13)20-2/h9H,3-8,10,17H2,1-2H3. The maximum atomic E-state index is 5.56. The van der Waals surface area contributed by atoms with Crippen molar-refractivity contribution in [1.29, 1.82) is 0 Å². The fourth-order valence-electron chi connectivity index (χ4n) is 2.71. The van der Waals surface area contributed by atoms with Gasteiger partial charge in [0.05, 0.1) is 18.7 Å². The SMILES string of the molecule is COc1cc2c(c(Br)c1OC)CCN(CCCCN)C2. The molecule has 0 atom stereocenters. The molecule has 0 aromatic heterocycles. The van der Waals surface area contributed by atoms with Gasteiger partial charge in [-0.15, -0.1) is 0 Å². The van der Waals surface area contributed by atoms with Gasteiger partial charge in [-0.1, -0.05) is 0 Å². The molecule has 1 aromatic rings. The molecule has 1 aliphatic heterocycles. The number of methoxy groups -OCH3 is 2. The van der Waals surface area contributed by atoms with Crippen molar-refractivity contribution in [2.75, 3.05) is 33.9 Å². The average Bonchev–Trinajstić information content (AvgIpc) is 2.47. The Bertz CT molecular complexity index is 466. The van der Waals surface area contributed by atoms with Crippen LogP contribution >= 0.6 is 15.9 Å². The maximum absolute atomic E-state index is 5.56. The molecule has 0 bridgehead atoms. The first-order chi connectivity index (χ1) is 9.71. The minimum atomic E-state index is 0.779. The third-order valence-electron chi connectivity index (χ3n) is 3.81. The van der Waals surface area contributed by atoms with Gasteiger partial charge >= 0.3 is 0 Å². The minimum Gasteiger partial charge on any atom is -0.493 e. The Morgan fingerprint density at radius 2 is 2.10 bits per heavy atom. The van der Waals surface area contributed by atoms with E-state index >= 15 is 0 Å². The summed E-state index contributed by atoms with van der Waals surface area (Å²) >= 11 is 3.66. The Morgan fingerprint density at radius 3 is 2.75 bits per heavy atom. The number of unbranched alkanes of at least 4 members (excludes halogenated alkanes) is 1. The van der Waals surface area contributed by atoms with Crippen molar-refractivity contribution in [2.24, 2.45) is 5.73 Å². The van der Waals surface area contributed by atoms with Gasteiger partial charge in [0.25, 0.3) is 0 Å². The van der Waals surface area contributed by atoms with E-state index in [2.05, 4.69) is 26.9 Å². The molecule has 1 aliphatic rings. The highest BCUT2D eigenvalue weighted by atomic mass is 79.9. The topological polar surface area (TPSA) is 47.7 Å². The number of rotatable bonds is 6. The van der Waals surface area contributed by atoms with Crippen LogP contribution in [0.15, 0.2) is 10.5 Å². The monoisotopic (exact) mass is 342 g/mol. The average molecular weight is 343 g/mol. The molecule has 2 rings (SSSR count). The molecule has 5 heteroatoms. The van der Waals surface area contributed by atoms with Crippen LogP contribution in [-0.2, 0) is 13.0 Å². The van der Waals surface area contributed by atoms with E-state index in [4.69, 9.17) is 15.2 Å². The number of ether oxygens (including phenoxy) is 2. The van der Waals surface area contributed by atoms with Crippen LogP contribution in [0.2, 0.25) is 0 Å². The molecule has 0 amide bonds. The van der Waals surface area contributed by atoms with Crippen LogP contribution in [0.4, 0.5) is 0 Å². The lowest BCUT2D eigenvalue weighted by molar-refractivity contribution is 0.247. The zero-order valence-corrected chi connectivity index (χ0v) is 13.8. The summed E-state index contributed by atoms with van der Waals surface area (Å²) in [7, 11) is 3.36. The van der Waals surface area contributed by atoms with Crippen LogP contribution in [0, 0.1) is 0 Å². The normalized spacial score (nSPS) is 15.0. The van der Waals surface area contributed by atoms with Crippen molar-refractivity contribution in [2.45, 2.75) is 25.8 Å². The summed E-state index contributed by atoms with van der Waals surface area (Å²) in [4.78, 5) is 2.48. The van der Waals surface area contributed by atoms with Crippen molar-refractivity contribution in [3.8, 4) is 11.5 Å². The fourth-order valence-corrected chi connectivity index (χ4v) is 3.52. The third-order valence-corrected chi connectivity index (χ3v) is 4.64. The fraction of sp³-hybridized carbons (Fsp3) is 0.600. The molecule has 4 nitrogen and oxygen atoms in total. The van der Waals surface area contributed by atoms with Crippen molar-refractivity contribution < 1.29 is 9.47 Å². The molecule has 0 aliphatic carbocycles. The van der Waals surface area contributed by atoms with Crippen molar-refractivity contribution >= 4 is 15.9 Å². The van der Waals surface area contributed by atoms with E-state index in [0.29, 0.717) is 0 Å². The van der Waals surface area contributed by atoms with E-state index in [9.17, 15) is 0 Å². The first-order valence-electron chi connectivity index (χ1n) is 7.06. The largest absolute Gasteiger partial charge is 0.493 e. The van der Waals surface area contributed by atoms with Crippen LogP contribution in [-0.4, -0.2) is 38.8 Å². The van der Waals surface area contributed by atoms with Crippen LogP contribution in [0.3, 0.4) is 0 Å². The van der Waals surface area contributed by atoms with Gasteiger partial charge in [-0.25, -0.2) is 0 Å². The van der Waals surface area contributed by atoms with Gasteiger partial charge in [-0.05, 0) is 65.5 Å². The van der Waals surface area contributed by atoms with Gasteiger partial charge in [-0.3, -0.25) is 4.90 Å². The lowest BCUT2D eigenvalue weighted by atomic mass is 9.98. The zero-order valence-electron chi connectivity index (χ0n) is 12.2. The Balaban J connectivity index is 2.17. The summed E-state index contributed by atoms with van der Waals surface area (Å²) < 4.78 is 11.9. The first kappa shape index (κ1) is 15.6. The first-order valence-corrected chi connectivity index (χ1v) is 7.85. The summed E-state index contributed by atoms with van der Waals surface area (Å²) in [6.07, 6.45) is 3.30. The van der Waals surface area contributed by atoms with E-state index in [1.165, 1.54) is 17.5 Å². The molecule has 0 fully saturated rings. The van der Waals surface area contributed by atoms with E-state index in [1.54, 1.807) is 14.2 Å². The molecule has 0 unspecified atom stereocenters. The number of hydrogen-bond acceptors (Lipinski definition) is 4. The van der Waals surface area contributed by atoms with Crippen LogP contribution in [0.1, 0.15) is 24.0 Å².